The van der Waals surface area contributed by atoms with Gasteiger partial charge in [0, 0.05) is 0 Å². The van der Waals surface area contributed by atoms with Gasteiger partial charge in [0.25, 0.3) is 0 Å². The van der Waals surface area contributed by atoms with Crippen molar-refractivity contribution in [3.63, 3.8) is 0 Å². The number of esters is 2. The van der Waals surface area contributed by atoms with Crippen LogP contribution in [0, 0.1) is 11.2 Å². The summed E-state index contributed by atoms with van der Waals surface area (Å²) in [6, 6.07) is 3.85. The number of carbonyl (C=O) groups excluding carboxylic acids is 2. The molecule has 22 heavy (non-hydrogen) atoms. The molecule has 1 rings (SSSR count). The van der Waals surface area contributed by atoms with Gasteiger partial charge >= 0.3 is 11.9 Å². The van der Waals surface area contributed by atoms with Gasteiger partial charge in [0.2, 0.25) is 0 Å². The third-order valence-corrected chi connectivity index (χ3v) is 2.80. The van der Waals surface area contributed by atoms with Crippen LogP contribution >= 0.6 is 0 Å². The number of hydrogen-bond acceptors (Lipinski definition) is 4. The second-order valence-corrected chi connectivity index (χ2v) is 6.29. The first-order valence-electron chi connectivity index (χ1n) is 7.39. The summed E-state index contributed by atoms with van der Waals surface area (Å²) >= 11 is 0. The molecule has 0 radical (unpaired) electrons. The zero-order valence-corrected chi connectivity index (χ0v) is 13.6. The fourth-order valence-electron chi connectivity index (χ4n) is 1.64. The molecular weight excluding hydrogens is 287 g/mol. The van der Waals surface area contributed by atoms with Crippen molar-refractivity contribution >= 4 is 11.9 Å². The van der Waals surface area contributed by atoms with Crippen molar-refractivity contribution in [2.24, 2.45) is 5.41 Å². The van der Waals surface area contributed by atoms with Gasteiger partial charge in [-0.2, -0.15) is 0 Å². The van der Waals surface area contributed by atoms with Gasteiger partial charge in [-0.05, 0) is 24.0 Å². The smallest absolute Gasteiger partial charge is 0.342 e. The Kier molecular flexibility index (Phi) is 6.53. The number of halogens is 1. The van der Waals surface area contributed by atoms with Gasteiger partial charge in [-0.1, -0.05) is 40.2 Å². The SMILES string of the molecule is CCCCOC(=O)c1cccc(F)c1C(=O)OCC(C)(C)C. The van der Waals surface area contributed by atoms with Gasteiger partial charge in [0.15, 0.2) is 0 Å². The van der Waals surface area contributed by atoms with E-state index in [0.29, 0.717) is 6.42 Å². The predicted octanol–water partition coefficient (Wildman–Crippen LogP) is 3.99. The molecule has 1 aromatic rings. The lowest BCUT2D eigenvalue weighted by Gasteiger charge is -2.18. The molecule has 0 aliphatic carbocycles. The standard InChI is InChI=1S/C17H23FO4/c1-5-6-10-21-15(19)12-8-7-9-13(18)14(12)16(20)22-11-17(2,3)4/h7-9H,5-6,10-11H2,1-4H3. The van der Waals surface area contributed by atoms with Crippen LogP contribution in [0.15, 0.2) is 18.2 Å². The first-order valence-corrected chi connectivity index (χ1v) is 7.39. The Balaban J connectivity index is 2.93. The monoisotopic (exact) mass is 310 g/mol. The van der Waals surface area contributed by atoms with Crippen LogP contribution in [0.1, 0.15) is 61.3 Å². The average Bonchev–Trinajstić information content (AvgIpc) is 2.44. The molecule has 0 amide bonds. The van der Waals surface area contributed by atoms with Crippen molar-refractivity contribution in [3.05, 3.63) is 35.1 Å². The molecule has 0 bridgehead atoms. The zero-order valence-electron chi connectivity index (χ0n) is 13.6. The van der Waals surface area contributed by atoms with Gasteiger partial charge in [-0.25, -0.2) is 14.0 Å². The molecule has 0 fully saturated rings. The molecule has 0 aromatic heterocycles. The molecule has 0 aliphatic heterocycles. The van der Waals surface area contributed by atoms with Crippen LogP contribution in [0.2, 0.25) is 0 Å². The summed E-state index contributed by atoms with van der Waals surface area (Å²) in [4.78, 5) is 24.1. The van der Waals surface area contributed by atoms with Crippen LogP contribution in [0.5, 0.6) is 0 Å². The molecule has 0 atom stereocenters. The maximum absolute atomic E-state index is 14.0. The second-order valence-electron chi connectivity index (χ2n) is 6.29. The van der Waals surface area contributed by atoms with E-state index in [9.17, 15) is 14.0 Å². The summed E-state index contributed by atoms with van der Waals surface area (Å²) in [5.41, 5.74) is -0.717. The van der Waals surface area contributed by atoms with E-state index < -0.39 is 17.8 Å². The van der Waals surface area contributed by atoms with Crippen LogP contribution in [0.3, 0.4) is 0 Å². The highest BCUT2D eigenvalue weighted by Crippen LogP contribution is 2.19. The molecule has 1 aromatic carbocycles. The molecule has 0 spiro atoms. The maximum Gasteiger partial charge on any atom is 0.342 e. The van der Waals surface area contributed by atoms with Crippen LogP contribution < -0.4 is 0 Å². The molecule has 0 saturated carbocycles. The van der Waals surface area contributed by atoms with Crippen molar-refractivity contribution in [3.8, 4) is 0 Å². The number of carbonyl (C=O) groups is 2. The topological polar surface area (TPSA) is 52.6 Å². The molecule has 122 valence electrons. The van der Waals surface area contributed by atoms with Crippen molar-refractivity contribution in [2.45, 2.75) is 40.5 Å². The molecule has 0 unspecified atom stereocenters. The third kappa shape index (κ3) is 5.47. The first kappa shape index (κ1) is 18.1. The molecule has 0 N–H and O–H groups in total. The van der Waals surface area contributed by atoms with Gasteiger partial charge in [-0.3, -0.25) is 0 Å². The Labute approximate surface area is 130 Å². The fraction of sp³-hybridized carbons (Fsp3) is 0.529. The lowest BCUT2D eigenvalue weighted by molar-refractivity contribution is 0.0347. The Hall–Kier alpha value is -1.91. The highest BCUT2D eigenvalue weighted by atomic mass is 19.1. The van der Waals surface area contributed by atoms with E-state index in [2.05, 4.69) is 0 Å². The number of rotatable bonds is 6. The zero-order chi connectivity index (χ0) is 16.8. The van der Waals surface area contributed by atoms with Crippen molar-refractivity contribution in [1.29, 1.82) is 0 Å². The minimum absolute atomic E-state index is 0.102. The Bertz CT molecular complexity index is 532. The number of hydrogen-bond donors (Lipinski definition) is 0. The summed E-state index contributed by atoms with van der Waals surface area (Å²) in [7, 11) is 0. The van der Waals surface area contributed by atoms with E-state index >= 15 is 0 Å². The van der Waals surface area contributed by atoms with Gasteiger partial charge in [0.05, 0.1) is 18.8 Å². The van der Waals surface area contributed by atoms with E-state index in [1.54, 1.807) is 0 Å². The Morgan fingerprint density at radius 2 is 1.82 bits per heavy atom. The quantitative estimate of drug-likeness (QED) is 0.589. The predicted molar refractivity (Wildman–Crippen MR) is 81.3 cm³/mol. The highest BCUT2D eigenvalue weighted by molar-refractivity contribution is 6.03. The van der Waals surface area contributed by atoms with Gasteiger partial charge in [0.1, 0.15) is 11.4 Å². The van der Waals surface area contributed by atoms with E-state index in [-0.39, 0.29) is 29.8 Å². The molecule has 0 aliphatic rings. The molecular formula is C17H23FO4. The van der Waals surface area contributed by atoms with Gasteiger partial charge < -0.3 is 9.47 Å². The summed E-state index contributed by atoms with van der Waals surface area (Å²) < 4.78 is 24.1. The minimum Gasteiger partial charge on any atom is -0.462 e. The molecule has 5 heteroatoms. The van der Waals surface area contributed by atoms with Crippen LogP contribution in [-0.4, -0.2) is 25.2 Å². The van der Waals surface area contributed by atoms with Crippen LogP contribution in [0.4, 0.5) is 4.39 Å². The largest absolute Gasteiger partial charge is 0.462 e. The summed E-state index contributed by atoms with van der Waals surface area (Å²) in [5.74, 6) is -2.35. The average molecular weight is 310 g/mol. The van der Waals surface area contributed by atoms with Crippen LogP contribution in [0.25, 0.3) is 0 Å². The lowest BCUT2D eigenvalue weighted by atomic mass is 9.98. The van der Waals surface area contributed by atoms with Crippen molar-refractivity contribution in [2.75, 3.05) is 13.2 Å². The minimum atomic E-state index is -0.851. The van der Waals surface area contributed by atoms with E-state index in [1.807, 2.05) is 27.7 Å². The maximum atomic E-state index is 14.0. The molecule has 0 saturated heterocycles. The first-order chi connectivity index (χ1) is 10.3. The van der Waals surface area contributed by atoms with E-state index in [1.165, 1.54) is 12.1 Å². The van der Waals surface area contributed by atoms with E-state index in [0.717, 1.165) is 12.5 Å². The van der Waals surface area contributed by atoms with E-state index in [4.69, 9.17) is 9.47 Å². The summed E-state index contributed by atoms with van der Waals surface area (Å²) in [5, 5.41) is 0. The number of unbranched alkanes of at least 4 members (excludes halogenated alkanes) is 1. The molecule has 4 nitrogen and oxygen atoms in total. The number of ether oxygens (including phenoxy) is 2. The highest BCUT2D eigenvalue weighted by Gasteiger charge is 2.25. The Morgan fingerprint density at radius 1 is 1.14 bits per heavy atom. The van der Waals surface area contributed by atoms with Gasteiger partial charge in [-0.15, -0.1) is 0 Å². The summed E-state index contributed by atoms with van der Waals surface area (Å²) in [6.07, 6.45) is 1.59. The van der Waals surface area contributed by atoms with Crippen molar-refractivity contribution in [1.82, 2.24) is 0 Å². The van der Waals surface area contributed by atoms with Crippen LogP contribution in [-0.2, 0) is 9.47 Å². The number of benzene rings is 1. The lowest BCUT2D eigenvalue weighted by Crippen LogP contribution is -2.21. The molecule has 0 heterocycles. The normalized spacial score (nSPS) is 11.1. The second kappa shape index (κ2) is 7.92. The third-order valence-electron chi connectivity index (χ3n) is 2.80. The Morgan fingerprint density at radius 3 is 2.41 bits per heavy atom. The van der Waals surface area contributed by atoms with Crippen molar-refractivity contribution < 1.29 is 23.5 Å². The fourth-order valence-corrected chi connectivity index (χ4v) is 1.64. The summed E-state index contributed by atoms with van der Waals surface area (Å²) in [6.45, 7) is 8.00.